The molecule has 7 nitrogen and oxygen atoms in total. The Labute approximate surface area is 231 Å². The van der Waals surface area contributed by atoms with E-state index in [2.05, 4.69) is 25.5 Å². The summed E-state index contributed by atoms with van der Waals surface area (Å²) in [6.07, 6.45) is 0. The molecule has 0 spiro atoms. The number of fused-ring (bicyclic) bond motifs is 1. The van der Waals surface area contributed by atoms with Crippen LogP contribution in [0.15, 0.2) is 97.1 Å². The summed E-state index contributed by atoms with van der Waals surface area (Å²) in [6, 6.07) is 29.4. The van der Waals surface area contributed by atoms with Gasteiger partial charge in [0.2, 0.25) is 5.95 Å². The minimum atomic E-state index is -0.344. The number of carbonyl (C=O) groups excluding carboxylic acids is 2. The van der Waals surface area contributed by atoms with Crippen molar-refractivity contribution in [2.75, 3.05) is 22.6 Å². The summed E-state index contributed by atoms with van der Waals surface area (Å²) in [6.45, 7) is 2.57. The zero-order valence-electron chi connectivity index (χ0n) is 21.5. The lowest BCUT2D eigenvalue weighted by Crippen LogP contribution is -2.18. The molecule has 0 radical (unpaired) electrons. The van der Waals surface area contributed by atoms with Crippen molar-refractivity contribution in [3.05, 3.63) is 124 Å². The molecule has 0 aliphatic rings. The van der Waals surface area contributed by atoms with Gasteiger partial charge in [-0.3, -0.25) is 14.9 Å². The van der Waals surface area contributed by atoms with Crippen LogP contribution in [0.3, 0.4) is 0 Å². The van der Waals surface area contributed by atoms with Gasteiger partial charge in [-0.05, 0) is 66.6 Å². The van der Waals surface area contributed by atoms with E-state index in [0.29, 0.717) is 39.4 Å². The van der Waals surface area contributed by atoms with Crippen LogP contribution >= 0.6 is 11.6 Å². The van der Waals surface area contributed by atoms with Crippen molar-refractivity contribution in [3.63, 3.8) is 0 Å². The minimum absolute atomic E-state index is 0.0935. The number of hydrogen-bond donors (Lipinski definition) is 2. The van der Waals surface area contributed by atoms with E-state index >= 15 is 0 Å². The molecule has 5 rings (SSSR count). The zero-order chi connectivity index (χ0) is 27.4. The fourth-order valence-electron chi connectivity index (χ4n) is 4.24. The number of carbonyl (C=O) groups is 2. The number of halogens is 1. The second-order valence-corrected chi connectivity index (χ2v) is 9.61. The Morgan fingerprint density at radius 3 is 2.08 bits per heavy atom. The number of hydrogen-bond acceptors (Lipinski definition) is 5. The van der Waals surface area contributed by atoms with Crippen LogP contribution in [-0.2, 0) is 6.54 Å². The molecule has 5 aromatic rings. The zero-order valence-corrected chi connectivity index (χ0v) is 22.2. The van der Waals surface area contributed by atoms with Gasteiger partial charge in [0.25, 0.3) is 11.8 Å². The molecular formula is C31H26ClN5O2. The quantitative estimate of drug-likeness (QED) is 0.241. The number of aromatic nitrogens is 2. The van der Waals surface area contributed by atoms with Crippen molar-refractivity contribution < 1.29 is 9.59 Å². The van der Waals surface area contributed by atoms with Gasteiger partial charge >= 0.3 is 0 Å². The highest BCUT2D eigenvalue weighted by Gasteiger charge is 2.16. The Morgan fingerprint density at radius 2 is 1.44 bits per heavy atom. The molecule has 0 aliphatic carbocycles. The van der Waals surface area contributed by atoms with Crippen molar-refractivity contribution in [1.82, 2.24) is 9.97 Å². The number of benzene rings is 4. The summed E-state index contributed by atoms with van der Waals surface area (Å²) < 4.78 is 0. The van der Waals surface area contributed by atoms with Crippen molar-refractivity contribution in [3.8, 4) is 0 Å². The molecule has 0 aliphatic heterocycles. The standard InChI is InChI=1S/C31H26ClN5O2/c1-20-13-16-27(25(32)17-20)37(2)19-21-14-15-26-24(18-21)28(34-29(38)22-9-5-3-6-10-22)35-31(33-26)36-30(39)23-11-7-4-8-12-23/h3-18H,19H2,1-2H3,(H2,33,34,35,36,38,39). The number of nitrogens with zero attached hydrogens (tertiary/aromatic N) is 3. The molecule has 4 aromatic carbocycles. The van der Waals surface area contributed by atoms with Crippen molar-refractivity contribution in [2.24, 2.45) is 0 Å². The summed E-state index contributed by atoms with van der Waals surface area (Å²) in [5, 5.41) is 6.98. The van der Waals surface area contributed by atoms with Gasteiger partial charge < -0.3 is 10.2 Å². The summed E-state index contributed by atoms with van der Waals surface area (Å²) >= 11 is 6.49. The molecule has 0 fully saturated rings. The average Bonchev–Trinajstić information content (AvgIpc) is 2.94. The van der Waals surface area contributed by atoms with Crippen LogP contribution in [0, 0.1) is 6.92 Å². The molecule has 0 atom stereocenters. The summed E-state index contributed by atoms with van der Waals surface area (Å²) in [7, 11) is 1.97. The number of amides is 2. The molecule has 39 heavy (non-hydrogen) atoms. The smallest absolute Gasteiger partial charge is 0.258 e. The van der Waals surface area contributed by atoms with Crippen molar-refractivity contribution in [2.45, 2.75) is 13.5 Å². The minimum Gasteiger partial charge on any atom is -0.369 e. The van der Waals surface area contributed by atoms with Crippen LogP contribution in [0.25, 0.3) is 10.9 Å². The van der Waals surface area contributed by atoms with E-state index in [4.69, 9.17) is 11.6 Å². The second-order valence-electron chi connectivity index (χ2n) is 9.20. The lowest BCUT2D eigenvalue weighted by atomic mass is 10.1. The SMILES string of the molecule is Cc1ccc(N(C)Cc2ccc3nc(NC(=O)c4ccccc4)nc(NC(=O)c4ccccc4)c3c2)c(Cl)c1. The van der Waals surface area contributed by atoms with E-state index in [0.717, 1.165) is 16.8 Å². The van der Waals surface area contributed by atoms with Crippen LogP contribution < -0.4 is 15.5 Å². The molecular weight excluding hydrogens is 510 g/mol. The van der Waals surface area contributed by atoms with Crippen LogP contribution in [-0.4, -0.2) is 28.8 Å². The van der Waals surface area contributed by atoms with Gasteiger partial charge in [0.1, 0.15) is 5.82 Å². The monoisotopic (exact) mass is 535 g/mol. The first-order chi connectivity index (χ1) is 18.9. The Morgan fingerprint density at radius 1 is 0.795 bits per heavy atom. The Hall–Kier alpha value is -4.75. The summed E-state index contributed by atoms with van der Waals surface area (Å²) in [4.78, 5) is 36.9. The van der Waals surface area contributed by atoms with E-state index in [1.165, 1.54) is 0 Å². The normalized spacial score (nSPS) is 10.7. The van der Waals surface area contributed by atoms with Gasteiger partial charge in [-0.15, -0.1) is 0 Å². The first-order valence-electron chi connectivity index (χ1n) is 12.4. The van der Waals surface area contributed by atoms with Crippen molar-refractivity contribution in [1.29, 1.82) is 0 Å². The van der Waals surface area contributed by atoms with E-state index in [9.17, 15) is 9.59 Å². The van der Waals surface area contributed by atoms with Gasteiger partial charge in [-0.2, -0.15) is 4.98 Å². The van der Waals surface area contributed by atoms with Crippen LogP contribution in [0.1, 0.15) is 31.8 Å². The van der Waals surface area contributed by atoms with Gasteiger partial charge in [0, 0.05) is 30.1 Å². The molecule has 2 amide bonds. The van der Waals surface area contributed by atoms with Crippen molar-refractivity contribution >= 4 is 51.8 Å². The highest BCUT2D eigenvalue weighted by molar-refractivity contribution is 6.33. The third-order valence-corrected chi connectivity index (χ3v) is 6.53. The molecule has 0 bridgehead atoms. The molecule has 0 saturated heterocycles. The third kappa shape index (κ3) is 6.05. The first kappa shape index (κ1) is 25.9. The molecule has 2 N–H and O–H groups in total. The van der Waals surface area contributed by atoms with E-state index in [1.807, 2.05) is 62.5 Å². The molecule has 194 valence electrons. The first-order valence-corrected chi connectivity index (χ1v) is 12.8. The van der Waals surface area contributed by atoms with Gasteiger partial charge in [-0.1, -0.05) is 60.1 Å². The maximum Gasteiger partial charge on any atom is 0.258 e. The maximum atomic E-state index is 13.0. The van der Waals surface area contributed by atoms with Crippen LogP contribution in [0.5, 0.6) is 0 Å². The topological polar surface area (TPSA) is 87.2 Å². The average molecular weight is 536 g/mol. The summed E-state index contributed by atoms with van der Waals surface area (Å²) in [5.41, 5.74) is 4.52. The fourth-order valence-corrected chi connectivity index (χ4v) is 4.62. The van der Waals surface area contributed by atoms with Gasteiger partial charge in [0.15, 0.2) is 0 Å². The van der Waals surface area contributed by atoms with E-state index in [-0.39, 0.29) is 17.8 Å². The number of anilines is 3. The lowest BCUT2D eigenvalue weighted by Gasteiger charge is -2.21. The Kier molecular flexibility index (Phi) is 7.52. The molecule has 1 aromatic heterocycles. The predicted octanol–water partition coefficient (Wildman–Crippen LogP) is 6.73. The van der Waals surface area contributed by atoms with E-state index in [1.54, 1.807) is 48.5 Å². The lowest BCUT2D eigenvalue weighted by molar-refractivity contribution is 0.101. The van der Waals surface area contributed by atoms with Gasteiger partial charge in [-0.25, -0.2) is 4.98 Å². The number of aryl methyl sites for hydroxylation is 1. The molecule has 0 unspecified atom stereocenters. The number of rotatable bonds is 7. The van der Waals surface area contributed by atoms with Gasteiger partial charge in [0.05, 0.1) is 16.2 Å². The second kappa shape index (κ2) is 11.3. The largest absolute Gasteiger partial charge is 0.369 e. The fraction of sp³-hybridized carbons (Fsp3) is 0.0968. The van der Waals surface area contributed by atoms with Crippen LogP contribution in [0.2, 0.25) is 5.02 Å². The third-order valence-electron chi connectivity index (χ3n) is 6.22. The van der Waals surface area contributed by atoms with E-state index < -0.39 is 0 Å². The Bertz CT molecular complexity index is 1660. The van der Waals surface area contributed by atoms with Crippen LogP contribution in [0.4, 0.5) is 17.5 Å². The Balaban J connectivity index is 1.49. The molecule has 1 heterocycles. The predicted molar refractivity (Wildman–Crippen MR) is 157 cm³/mol. The molecule has 8 heteroatoms. The molecule has 0 saturated carbocycles. The highest BCUT2D eigenvalue weighted by Crippen LogP contribution is 2.29. The number of nitrogens with one attached hydrogen (secondary N) is 2. The summed E-state index contributed by atoms with van der Waals surface area (Å²) in [5.74, 6) is -0.264. The maximum absolute atomic E-state index is 13.0. The highest BCUT2D eigenvalue weighted by atomic mass is 35.5.